The maximum Gasteiger partial charge on any atom is 0.241 e. The lowest BCUT2D eigenvalue weighted by Crippen LogP contribution is -2.25. The molecule has 0 aliphatic carbocycles. The Bertz CT molecular complexity index is 443. The van der Waals surface area contributed by atoms with Gasteiger partial charge >= 0.3 is 0 Å². The second-order valence-electron chi connectivity index (χ2n) is 3.84. The average Bonchev–Trinajstić information content (AvgIpc) is 2.78. The molecule has 1 rings (SSSR count). The molecule has 1 aromatic rings. The first kappa shape index (κ1) is 15.6. The third-order valence-electron chi connectivity index (χ3n) is 2.40. The van der Waals surface area contributed by atoms with E-state index in [4.69, 9.17) is 4.74 Å². The van der Waals surface area contributed by atoms with Crippen LogP contribution >= 0.6 is 11.3 Å². The molecule has 2 N–H and O–H groups in total. The second kappa shape index (κ2) is 7.85. The molecule has 0 aliphatic rings. The van der Waals surface area contributed by atoms with Gasteiger partial charge < -0.3 is 10.1 Å². The fourth-order valence-corrected chi connectivity index (χ4v) is 4.04. The molecule has 0 saturated heterocycles. The first-order valence-corrected chi connectivity index (χ1v) is 8.17. The lowest BCUT2D eigenvalue weighted by atomic mass is 10.3. The van der Waals surface area contributed by atoms with Gasteiger partial charge in [0.15, 0.2) is 0 Å². The predicted octanol–water partition coefficient (Wildman–Crippen LogP) is 1.17. The monoisotopic (exact) mass is 292 g/mol. The number of thiophene rings is 1. The predicted molar refractivity (Wildman–Crippen MR) is 73.4 cm³/mol. The van der Waals surface area contributed by atoms with E-state index >= 15 is 0 Å². The van der Waals surface area contributed by atoms with E-state index in [0.717, 1.165) is 17.7 Å². The Hall–Kier alpha value is -0.470. The van der Waals surface area contributed by atoms with E-state index in [1.807, 2.05) is 0 Å². The van der Waals surface area contributed by atoms with Crippen molar-refractivity contribution in [1.82, 2.24) is 10.0 Å². The SMILES string of the molecule is CNCc1sccc1S(=O)(=O)NCCCCOC. The minimum Gasteiger partial charge on any atom is -0.385 e. The van der Waals surface area contributed by atoms with Crippen molar-refractivity contribution in [2.45, 2.75) is 24.3 Å². The summed E-state index contributed by atoms with van der Waals surface area (Å²) in [5.74, 6) is 0. The number of rotatable bonds is 9. The highest BCUT2D eigenvalue weighted by molar-refractivity contribution is 7.89. The Morgan fingerprint density at radius 3 is 2.83 bits per heavy atom. The van der Waals surface area contributed by atoms with E-state index in [-0.39, 0.29) is 0 Å². The van der Waals surface area contributed by atoms with Crippen molar-refractivity contribution >= 4 is 21.4 Å². The third-order valence-corrected chi connectivity index (χ3v) is 4.99. The summed E-state index contributed by atoms with van der Waals surface area (Å²) in [5.41, 5.74) is 0. The molecule has 0 fully saturated rings. The highest BCUT2D eigenvalue weighted by Gasteiger charge is 2.18. The van der Waals surface area contributed by atoms with Crippen molar-refractivity contribution in [3.63, 3.8) is 0 Å². The van der Waals surface area contributed by atoms with Crippen LogP contribution in [0.2, 0.25) is 0 Å². The van der Waals surface area contributed by atoms with Gasteiger partial charge in [0.2, 0.25) is 10.0 Å². The van der Waals surface area contributed by atoms with E-state index in [1.165, 1.54) is 11.3 Å². The molecule has 1 aromatic heterocycles. The fraction of sp³-hybridized carbons (Fsp3) is 0.636. The fourth-order valence-electron chi connectivity index (χ4n) is 1.51. The quantitative estimate of drug-likeness (QED) is 0.671. The molecule has 0 bridgehead atoms. The number of hydrogen-bond acceptors (Lipinski definition) is 5. The van der Waals surface area contributed by atoms with Gasteiger partial charge in [-0.25, -0.2) is 13.1 Å². The molecule has 0 amide bonds. The van der Waals surface area contributed by atoms with E-state index in [2.05, 4.69) is 10.0 Å². The van der Waals surface area contributed by atoms with E-state index < -0.39 is 10.0 Å². The van der Waals surface area contributed by atoms with Crippen LogP contribution in [0.15, 0.2) is 16.3 Å². The van der Waals surface area contributed by atoms with E-state index in [9.17, 15) is 8.42 Å². The van der Waals surface area contributed by atoms with Crippen LogP contribution in [0.25, 0.3) is 0 Å². The zero-order valence-electron chi connectivity index (χ0n) is 10.7. The van der Waals surface area contributed by atoms with E-state index in [0.29, 0.717) is 24.6 Å². The third kappa shape index (κ3) is 4.66. The molecule has 0 atom stereocenters. The van der Waals surface area contributed by atoms with Crippen molar-refractivity contribution in [3.05, 3.63) is 16.3 Å². The first-order chi connectivity index (χ1) is 8.61. The standard InChI is InChI=1S/C11H20N2O3S2/c1-12-9-10-11(5-8-17-10)18(14,15)13-6-3-4-7-16-2/h5,8,12-13H,3-4,6-7,9H2,1-2H3. The Kier molecular flexibility index (Phi) is 6.80. The van der Waals surface area contributed by atoms with Crippen molar-refractivity contribution in [3.8, 4) is 0 Å². The molecular weight excluding hydrogens is 272 g/mol. The molecule has 7 heteroatoms. The van der Waals surface area contributed by atoms with Crippen LogP contribution in [-0.4, -0.2) is 35.7 Å². The first-order valence-electron chi connectivity index (χ1n) is 5.81. The summed E-state index contributed by atoms with van der Waals surface area (Å²) in [7, 11) is 0.0610. The minimum atomic E-state index is -3.38. The number of unbranched alkanes of at least 4 members (excludes halogenated alkanes) is 1. The number of hydrogen-bond donors (Lipinski definition) is 2. The van der Waals surface area contributed by atoms with Crippen LogP contribution in [0.3, 0.4) is 0 Å². The van der Waals surface area contributed by atoms with Crippen LogP contribution < -0.4 is 10.0 Å². The molecule has 0 aromatic carbocycles. The molecule has 5 nitrogen and oxygen atoms in total. The number of sulfonamides is 1. The normalized spacial score (nSPS) is 11.9. The van der Waals surface area contributed by atoms with Gasteiger partial charge in [0.25, 0.3) is 0 Å². The average molecular weight is 292 g/mol. The zero-order valence-corrected chi connectivity index (χ0v) is 12.4. The second-order valence-corrected chi connectivity index (χ2v) is 6.57. The number of nitrogens with one attached hydrogen (secondary N) is 2. The summed E-state index contributed by atoms with van der Waals surface area (Å²) < 4.78 is 31.6. The van der Waals surface area contributed by atoms with Crippen molar-refractivity contribution in [1.29, 1.82) is 0 Å². The van der Waals surface area contributed by atoms with Gasteiger partial charge in [0.05, 0.1) is 4.90 Å². The maximum absolute atomic E-state index is 12.1. The summed E-state index contributed by atoms with van der Waals surface area (Å²) in [6, 6.07) is 1.65. The largest absolute Gasteiger partial charge is 0.385 e. The van der Waals surface area contributed by atoms with Gasteiger partial charge in [-0.2, -0.15) is 0 Å². The van der Waals surface area contributed by atoms with E-state index in [1.54, 1.807) is 25.6 Å². The van der Waals surface area contributed by atoms with Gasteiger partial charge in [0, 0.05) is 31.7 Å². The molecule has 1 heterocycles. The molecule has 0 aliphatic heterocycles. The molecule has 104 valence electrons. The van der Waals surface area contributed by atoms with Gasteiger partial charge in [-0.3, -0.25) is 0 Å². The van der Waals surface area contributed by atoms with Gasteiger partial charge in [-0.15, -0.1) is 11.3 Å². The topological polar surface area (TPSA) is 67.4 Å². The Labute approximate surface area is 113 Å². The summed E-state index contributed by atoms with van der Waals surface area (Å²) in [4.78, 5) is 1.22. The van der Waals surface area contributed by atoms with Crippen molar-refractivity contribution in [2.75, 3.05) is 27.3 Å². The van der Waals surface area contributed by atoms with Crippen molar-refractivity contribution in [2.24, 2.45) is 0 Å². The summed E-state index contributed by atoms with van der Waals surface area (Å²) in [6.45, 7) is 1.67. The minimum absolute atomic E-state index is 0.383. The Balaban J connectivity index is 2.54. The smallest absolute Gasteiger partial charge is 0.241 e. The molecule has 0 saturated carbocycles. The lowest BCUT2D eigenvalue weighted by molar-refractivity contribution is 0.193. The summed E-state index contributed by atoms with van der Waals surface area (Å²) in [5, 5.41) is 4.77. The van der Waals surface area contributed by atoms with Gasteiger partial charge in [-0.05, 0) is 31.3 Å². The molecule has 0 radical (unpaired) electrons. The van der Waals surface area contributed by atoms with Crippen molar-refractivity contribution < 1.29 is 13.2 Å². The lowest BCUT2D eigenvalue weighted by Gasteiger charge is -2.07. The summed E-state index contributed by atoms with van der Waals surface area (Å²) in [6.07, 6.45) is 1.63. The van der Waals surface area contributed by atoms with Crippen LogP contribution in [0.1, 0.15) is 17.7 Å². The molecule has 18 heavy (non-hydrogen) atoms. The van der Waals surface area contributed by atoms with Crippen LogP contribution in [0, 0.1) is 0 Å². The van der Waals surface area contributed by atoms with Crippen LogP contribution in [0.4, 0.5) is 0 Å². The Morgan fingerprint density at radius 2 is 2.17 bits per heavy atom. The maximum atomic E-state index is 12.1. The summed E-state index contributed by atoms with van der Waals surface area (Å²) >= 11 is 1.45. The molecule has 0 unspecified atom stereocenters. The highest BCUT2D eigenvalue weighted by atomic mass is 32.2. The van der Waals surface area contributed by atoms with Gasteiger partial charge in [-0.1, -0.05) is 0 Å². The zero-order chi connectivity index (χ0) is 13.4. The Morgan fingerprint density at radius 1 is 1.39 bits per heavy atom. The number of ether oxygens (including phenoxy) is 1. The highest BCUT2D eigenvalue weighted by Crippen LogP contribution is 2.21. The van der Waals surface area contributed by atoms with Gasteiger partial charge in [0.1, 0.15) is 0 Å². The number of methoxy groups -OCH3 is 1. The van der Waals surface area contributed by atoms with Crippen LogP contribution in [0.5, 0.6) is 0 Å². The molecule has 0 spiro atoms. The molecular formula is C11H20N2O3S2. The van der Waals surface area contributed by atoms with Crippen LogP contribution in [-0.2, 0) is 21.3 Å².